The number of rotatable bonds is 17. The Hall–Kier alpha value is -1.88. The molecule has 1 aromatic carbocycles. The van der Waals surface area contributed by atoms with Crippen LogP contribution < -0.4 is 5.32 Å². The number of carboxylic acid groups (broad SMARTS) is 1. The van der Waals surface area contributed by atoms with Crippen LogP contribution in [0.4, 0.5) is 0 Å². The lowest BCUT2D eigenvalue weighted by Gasteiger charge is -2.20. The predicted molar refractivity (Wildman–Crippen MR) is 119 cm³/mol. The van der Waals surface area contributed by atoms with Crippen molar-refractivity contribution in [3.63, 3.8) is 0 Å². The third kappa shape index (κ3) is 14.7. The molecule has 0 aliphatic heterocycles. The maximum Gasteiger partial charge on any atom is 0.305 e. The summed E-state index contributed by atoms with van der Waals surface area (Å²) in [5, 5.41) is 11.8. The number of hydrogen-bond acceptors (Lipinski definition) is 3. The summed E-state index contributed by atoms with van der Waals surface area (Å²) in [5.74, 6) is -0.909. The zero-order valence-electron chi connectivity index (χ0n) is 18.4. The van der Waals surface area contributed by atoms with Crippen LogP contribution in [0.5, 0.6) is 0 Å². The van der Waals surface area contributed by atoms with Crippen molar-refractivity contribution in [2.45, 2.75) is 83.1 Å². The molecule has 0 aliphatic rings. The first-order valence-corrected chi connectivity index (χ1v) is 11.2. The van der Waals surface area contributed by atoms with Gasteiger partial charge in [0, 0.05) is 13.0 Å². The second-order valence-corrected chi connectivity index (χ2v) is 8.29. The number of likely N-dealkylation sites (N-methyl/N-ethyl adjacent to an activating group) is 1. The standard InChI is InChI=1S/C24H40N2O3/c1-26(2)20-22(19-24(28)29)25-23(27)18-14-9-7-5-3-4-6-8-11-15-21-16-12-10-13-17-21/h10,12-13,16-17,22H,3-9,11,14-15,18-20H2,1-2H3,(H,25,27)(H,28,29). The average Bonchev–Trinajstić information content (AvgIpc) is 2.65. The van der Waals surface area contributed by atoms with E-state index in [2.05, 4.69) is 35.6 Å². The van der Waals surface area contributed by atoms with Crippen LogP contribution in [0.25, 0.3) is 0 Å². The summed E-state index contributed by atoms with van der Waals surface area (Å²) in [6, 6.07) is 10.4. The summed E-state index contributed by atoms with van der Waals surface area (Å²) in [5.41, 5.74) is 1.44. The molecule has 0 heterocycles. The van der Waals surface area contributed by atoms with E-state index in [-0.39, 0.29) is 18.4 Å². The topological polar surface area (TPSA) is 69.6 Å². The molecule has 0 saturated carbocycles. The van der Waals surface area contributed by atoms with Gasteiger partial charge in [-0.05, 0) is 38.9 Å². The van der Waals surface area contributed by atoms with Crippen molar-refractivity contribution in [3.8, 4) is 0 Å². The fraction of sp³-hybridized carbons (Fsp3) is 0.667. The van der Waals surface area contributed by atoms with E-state index in [9.17, 15) is 9.59 Å². The lowest BCUT2D eigenvalue weighted by Crippen LogP contribution is -2.42. The van der Waals surface area contributed by atoms with Gasteiger partial charge in [0.1, 0.15) is 0 Å². The minimum atomic E-state index is -0.878. The van der Waals surface area contributed by atoms with Gasteiger partial charge >= 0.3 is 5.97 Å². The minimum absolute atomic E-state index is 0.0310. The Morgan fingerprint density at radius 3 is 2.00 bits per heavy atom. The molecule has 0 fully saturated rings. The zero-order chi connectivity index (χ0) is 21.3. The molecule has 1 rings (SSSR count). The quantitative estimate of drug-likeness (QED) is 0.371. The lowest BCUT2D eigenvalue weighted by molar-refractivity contribution is -0.137. The van der Waals surface area contributed by atoms with E-state index in [1.165, 1.54) is 56.9 Å². The molecule has 29 heavy (non-hydrogen) atoms. The number of hydrogen-bond donors (Lipinski definition) is 2. The predicted octanol–water partition coefficient (Wildman–Crippen LogP) is 4.65. The summed E-state index contributed by atoms with van der Waals surface area (Å²) in [4.78, 5) is 24.8. The lowest BCUT2D eigenvalue weighted by atomic mass is 10.0. The Morgan fingerprint density at radius 1 is 0.897 bits per heavy atom. The van der Waals surface area contributed by atoms with E-state index in [4.69, 9.17) is 5.11 Å². The highest BCUT2D eigenvalue weighted by Crippen LogP contribution is 2.12. The van der Waals surface area contributed by atoms with E-state index in [1.54, 1.807) is 0 Å². The summed E-state index contributed by atoms with van der Waals surface area (Å²) < 4.78 is 0. The molecule has 1 aromatic rings. The van der Waals surface area contributed by atoms with Crippen molar-refractivity contribution in [3.05, 3.63) is 35.9 Å². The van der Waals surface area contributed by atoms with Crippen LogP contribution in [0.15, 0.2) is 30.3 Å². The van der Waals surface area contributed by atoms with Gasteiger partial charge in [-0.2, -0.15) is 0 Å². The molecule has 1 unspecified atom stereocenters. The van der Waals surface area contributed by atoms with Crippen molar-refractivity contribution in [1.82, 2.24) is 10.2 Å². The zero-order valence-corrected chi connectivity index (χ0v) is 18.4. The Balaban J connectivity index is 1.95. The number of carbonyl (C=O) groups excluding carboxylic acids is 1. The molecule has 0 aromatic heterocycles. The second kappa shape index (κ2) is 16.0. The maximum atomic E-state index is 12.0. The summed E-state index contributed by atoms with van der Waals surface area (Å²) in [7, 11) is 3.76. The molecule has 0 aliphatic carbocycles. The van der Waals surface area contributed by atoms with Gasteiger partial charge in [-0.3, -0.25) is 9.59 Å². The highest BCUT2D eigenvalue weighted by molar-refractivity contribution is 5.77. The first-order chi connectivity index (χ1) is 14.0. The highest BCUT2D eigenvalue weighted by atomic mass is 16.4. The van der Waals surface area contributed by atoms with E-state index in [0.29, 0.717) is 13.0 Å². The van der Waals surface area contributed by atoms with Crippen LogP contribution in [0, 0.1) is 0 Å². The molecule has 1 amide bonds. The summed E-state index contributed by atoms with van der Waals surface area (Å²) in [6.45, 7) is 0.545. The number of nitrogens with zero attached hydrogens (tertiary/aromatic N) is 1. The monoisotopic (exact) mass is 404 g/mol. The van der Waals surface area contributed by atoms with Gasteiger partial charge in [0.2, 0.25) is 5.91 Å². The van der Waals surface area contributed by atoms with E-state index in [0.717, 1.165) is 12.8 Å². The Bertz CT molecular complexity index is 561. The van der Waals surface area contributed by atoms with Gasteiger partial charge in [0.15, 0.2) is 0 Å². The largest absolute Gasteiger partial charge is 0.481 e. The number of aliphatic carboxylic acids is 1. The van der Waals surface area contributed by atoms with E-state index in [1.807, 2.05) is 19.0 Å². The molecule has 5 heteroatoms. The van der Waals surface area contributed by atoms with Crippen molar-refractivity contribution in [1.29, 1.82) is 0 Å². The van der Waals surface area contributed by atoms with Crippen LogP contribution in [-0.4, -0.2) is 48.6 Å². The van der Waals surface area contributed by atoms with Crippen LogP contribution in [0.1, 0.15) is 76.2 Å². The number of nitrogens with one attached hydrogen (secondary N) is 1. The first-order valence-electron chi connectivity index (χ1n) is 11.2. The molecule has 5 nitrogen and oxygen atoms in total. The molecule has 1 atom stereocenters. The normalized spacial score (nSPS) is 12.1. The number of aryl methyl sites for hydroxylation is 1. The van der Waals surface area contributed by atoms with Gasteiger partial charge in [0.25, 0.3) is 0 Å². The Kier molecular flexibility index (Phi) is 13.9. The Morgan fingerprint density at radius 2 is 1.45 bits per heavy atom. The van der Waals surface area contributed by atoms with E-state index >= 15 is 0 Å². The third-order valence-corrected chi connectivity index (χ3v) is 5.08. The van der Waals surface area contributed by atoms with Gasteiger partial charge in [-0.1, -0.05) is 75.3 Å². The molecule has 0 saturated heterocycles. The van der Waals surface area contributed by atoms with Gasteiger partial charge in [-0.25, -0.2) is 0 Å². The van der Waals surface area contributed by atoms with Gasteiger partial charge in [-0.15, -0.1) is 0 Å². The van der Waals surface area contributed by atoms with Crippen LogP contribution in [0.2, 0.25) is 0 Å². The smallest absolute Gasteiger partial charge is 0.305 e. The fourth-order valence-electron chi connectivity index (χ4n) is 3.61. The van der Waals surface area contributed by atoms with Crippen LogP contribution >= 0.6 is 0 Å². The molecule has 0 bridgehead atoms. The SMILES string of the molecule is CN(C)CC(CC(=O)O)NC(=O)CCCCCCCCCCCc1ccccc1. The number of carbonyl (C=O) groups is 2. The maximum absolute atomic E-state index is 12.0. The highest BCUT2D eigenvalue weighted by Gasteiger charge is 2.16. The number of amides is 1. The first kappa shape index (κ1) is 25.2. The third-order valence-electron chi connectivity index (χ3n) is 5.08. The van der Waals surface area contributed by atoms with Crippen LogP contribution in [0.3, 0.4) is 0 Å². The van der Waals surface area contributed by atoms with Gasteiger partial charge < -0.3 is 15.3 Å². The van der Waals surface area contributed by atoms with Gasteiger partial charge in [0.05, 0.1) is 12.5 Å². The van der Waals surface area contributed by atoms with Crippen molar-refractivity contribution in [2.75, 3.05) is 20.6 Å². The molecule has 0 spiro atoms. The minimum Gasteiger partial charge on any atom is -0.481 e. The molecular formula is C24H40N2O3. The fourth-order valence-corrected chi connectivity index (χ4v) is 3.61. The molecule has 0 radical (unpaired) electrons. The number of unbranched alkanes of at least 4 members (excludes halogenated alkanes) is 8. The van der Waals surface area contributed by atoms with E-state index < -0.39 is 5.97 Å². The van der Waals surface area contributed by atoms with Crippen molar-refractivity contribution >= 4 is 11.9 Å². The Labute approximate surface area is 176 Å². The van der Waals surface area contributed by atoms with Crippen molar-refractivity contribution in [2.24, 2.45) is 0 Å². The van der Waals surface area contributed by atoms with Crippen LogP contribution in [-0.2, 0) is 16.0 Å². The second-order valence-electron chi connectivity index (χ2n) is 8.29. The summed E-state index contributed by atoms with van der Waals surface area (Å²) >= 11 is 0. The van der Waals surface area contributed by atoms with Crippen molar-refractivity contribution < 1.29 is 14.7 Å². The molecule has 164 valence electrons. The number of benzene rings is 1. The summed E-state index contributed by atoms with van der Waals surface area (Å²) in [6.07, 6.45) is 12.5. The average molecular weight is 405 g/mol. The number of carboxylic acids is 1. The molecule has 2 N–H and O–H groups in total. The molecular weight excluding hydrogens is 364 g/mol.